The summed E-state index contributed by atoms with van der Waals surface area (Å²) in [6.45, 7) is 0. The van der Waals surface area contributed by atoms with Gasteiger partial charge in [-0.15, -0.1) is 0 Å². The summed E-state index contributed by atoms with van der Waals surface area (Å²) in [5.41, 5.74) is 19.9. The Morgan fingerprint density at radius 3 is 1.03 bits per heavy atom. The van der Waals surface area contributed by atoms with Crippen LogP contribution in [-0.4, -0.2) is 0 Å². The van der Waals surface area contributed by atoms with Crippen LogP contribution in [0.15, 0.2) is 273 Å². The van der Waals surface area contributed by atoms with Gasteiger partial charge in [-0.05, 0) is 125 Å². The predicted molar refractivity (Wildman–Crippen MR) is 277 cm³/mol. The van der Waals surface area contributed by atoms with Crippen molar-refractivity contribution < 1.29 is 0 Å². The van der Waals surface area contributed by atoms with Crippen LogP contribution in [0.5, 0.6) is 0 Å². The number of nitrogens with zero attached hydrogens (tertiary/aromatic N) is 1. The fourth-order valence-corrected chi connectivity index (χ4v) is 9.42. The summed E-state index contributed by atoms with van der Waals surface area (Å²) >= 11 is 0. The first-order valence-electron chi connectivity index (χ1n) is 22.3. The third-order valence-electron chi connectivity index (χ3n) is 12.5. The smallest absolute Gasteiger partial charge is 0.0474 e. The van der Waals surface area contributed by atoms with Gasteiger partial charge in [0.2, 0.25) is 0 Å². The second kappa shape index (κ2) is 17.7. The number of hydrogen-bond donors (Lipinski definition) is 0. The number of fused-ring (bicyclic) bond motifs is 1. The predicted octanol–water partition coefficient (Wildman–Crippen LogP) is 18.0. The molecule has 65 heavy (non-hydrogen) atoms. The Kier molecular flexibility index (Phi) is 10.7. The highest BCUT2D eigenvalue weighted by Gasteiger charge is 2.22. The van der Waals surface area contributed by atoms with Crippen LogP contribution in [0.4, 0.5) is 17.1 Å². The molecule has 0 saturated heterocycles. The molecule has 0 unspecified atom stereocenters. The minimum atomic E-state index is 1.07. The maximum Gasteiger partial charge on any atom is 0.0474 e. The zero-order valence-corrected chi connectivity index (χ0v) is 35.9. The Bertz CT molecular complexity index is 3310. The van der Waals surface area contributed by atoms with Crippen molar-refractivity contribution in [2.75, 3.05) is 4.90 Å². The van der Waals surface area contributed by atoms with Crippen LogP contribution >= 0.6 is 0 Å². The molecule has 0 atom stereocenters. The minimum absolute atomic E-state index is 1.07. The molecule has 11 rings (SSSR count). The minimum Gasteiger partial charge on any atom is -0.310 e. The van der Waals surface area contributed by atoms with E-state index in [2.05, 4.69) is 278 Å². The first kappa shape index (κ1) is 39.3. The molecule has 0 saturated carbocycles. The van der Waals surface area contributed by atoms with Gasteiger partial charge in [0.05, 0.1) is 0 Å². The molecule has 11 aromatic carbocycles. The molecule has 0 radical (unpaired) electrons. The molecule has 0 N–H and O–H groups in total. The lowest BCUT2D eigenvalue weighted by Gasteiger charge is -2.29. The van der Waals surface area contributed by atoms with E-state index in [0.29, 0.717) is 0 Å². The highest BCUT2D eigenvalue weighted by molar-refractivity contribution is 6.00. The summed E-state index contributed by atoms with van der Waals surface area (Å²) < 4.78 is 0. The fraction of sp³-hybridized carbons (Fsp3) is 0. The van der Waals surface area contributed by atoms with E-state index in [1.807, 2.05) is 0 Å². The van der Waals surface area contributed by atoms with Gasteiger partial charge >= 0.3 is 0 Å². The van der Waals surface area contributed by atoms with Gasteiger partial charge in [0, 0.05) is 17.1 Å². The molecule has 0 spiro atoms. The Hall–Kier alpha value is -8.52. The van der Waals surface area contributed by atoms with E-state index in [1.54, 1.807) is 0 Å². The molecule has 0 heterocycles. The van der Waals surface area contributed by atoms with E-state index in [4.69, 9.17) is 0 Å². The SMILES string of the molecule is c1ccc(-c2ccccc2-c2ccccc2-c2ccc(N(c3ccc(-c4cccc5ccccc45)cc3)c3cc(-c4ccccc4)c(-c4ccccc4)c(-c4ccccc4)c3)cc2)cc1. The summed E-state index contributed by atoms with van der Waals surface area (Å²) in [6, 6.07) is 98.9. The van der Waals surface area contributed by atoms with Crippen LogP contribution < -0.4 is 4.90 Å². The van der Waals surface area contributed by atoms with E-state index in [-0.39, 0.29) is 0 Å². The van der Waals surface area contributed by atoms with Gasteiger partial charge in [0.1, 0.15) is 0 Å². The van der Waals surface area contributed by atoms with E-state index < -0.39 is 0 Å². The molecule has 0 bridgehead atoms. The van der Waals surface area contributed by atoms with Crippen molar-refractivity contribution in [1.82, 2.24) is 0 Å². The Morgan fingerprint density at radius 1 is 0.200 bits per heavy atom. The fourth-order valence-electron chi connectivity index (χ4n) is 9.42. The van der Waals surface area contributed by atoms with Gasteiger partial charge in [-0.3, -0.25) is 0 Å². The van der Waals surface area contributed by atoms with Gasteiger partial charge in [-0.1, -0.05) is 237 Å². The van der Waals surface area contributed by atoms with Gasteiger partial charge in [-0.25, -0.2) is 0 Å². The van der Waals surface area contributed by atoms with Crippen LogP contribution in [0.3, 0.4) is 0 Å². The molecule has 0 fully saturated rings. The van der Waals surface area contributed by atoms with Crippen LogP contribution in [0, 0.1) is 0 Å². The Morgan fingerprint density at radius 2 is 0.538 bits per heavy atom. The monoisotopic (exact) mass is 827 g/mol. The normalized spacial score (nSPS) is 11.1. The average Bonchev–Trinajstić information content (AvgIpc) is 3.40. The third-order valence-corrected chi connectivity index (χ3v) is 12.5. The lowest BCUT2D eigenvalue weighted by molar-refractivity contribution is 1.28. The van der Waals surface area contributed by atoms with Crippen molar-refractivity contribution >= 4 is 27.8 Å². The number of benzene rings is 11. The topological polar surface area (TPSA) is 3.24 Å². The Labute approximate surface area is 381 Å². The lowest BCUT2D eigenvalue weighted by Crippen LogP contribution is -2.11. The summed E-state index contributed by atoms with van der Waals surface area (Å²) in [5.74, 6) is 0. The second-order valence-corrected chi connectivity index (χ2v) is 16.4. The maximum absolute atomic E-state index is 2.42. The number of rotatable bonds is 10. The first-order chi connectivity index (χ1) is 32.3. The zero-order valence-electron chi connectivity index (χ0n) is 35.9. The quantitative estimate of drug-likeness (QED) is 0.133. The molecule has 0 aliphatic rings. The third kappa shape index (κ3) is 7.82. The van der Waals surface area contributed by atoms with Crippen molar-refractivity contribution in [3.63, 3.8) is 0 Å². The van der Waals surface area contributed by atoms with E-state index in [9.17, 15) is 0 Å². The molecule has 306 valence electrons. The molecule has 0 aliphatic carbocycles. The molecule has 1 nitrogen and oxygen atoms in total. The number of anilines is 3. The van der Waals surface area contributed by atoms with Crippen molar-refractivity contribution in [3.8, 4) is 77.9 Å². The van der Waals surface area contributed by atoms with Crippen LogP contribution in [0.2, 0.25) is 0 Å². The Balaban J connectivity index is 1.10. The summed E-state index contributed by atoms with van der Waals surface area (Å²) in [7, 11) is 0. The van der Waals surface area contributed by atoms with Crippen molar-refractivity contribution in [2.45, 2.75) is 0 Å². The van der Waals surface area contributed by atoms with Crippen molar-refractivity contribution in [3.05, 3.63) is 273 Å². The van der Waals surface area contributed by atoms with E-state index in [0.717, 1.165) is 22.6 Å². The molecule has 0 aliphatic heterocycles. The summed E-state index contributed by atoms with van der Waals surface area (Å²) in [6.07, 6.45) is 0. The van der Waals surface area contributed by atoms with Crippen molar-refractivity contribution in [1.29, 1.82) is 0 Å². The zero-order chi connectivity index (χ0) is 43.4. The highest BCUT2D eigenvalue weighted by Crippen LogP contribution is 2.47. The van der Waals surface area contributed by atoms with E-state index >= 15 is 0 Å². The molecule has 0 aromatic heterocycles. The molecule has 11 aromatic rings. The summed E-state index contributed by atoms with van der Waals surface area (Å²) in [4.78, 5) is 2.42. The lowest BCUT2D eigenvalue weighted by atomic mass is 9.86. The number of hydrogen-bond acceptors (Lipinski definition) is 1. The van der Waals surface area contributed by atoms with Gasteiger partial charge < -0.3 is 4.90 Å². The van der Waals surface area contributed by atoms with Gasteiger partial charge in [-0.2, -0.15) is 0 Å². The largest absolute Gasteiger partial charge is 0.310 e. The molecular formula is C64H45N. The van der Waals surface area contributed by atoms with Gasteiger partial charge in [0.25, 0.3) is 0 Å². The van der Waals surface area contributed by atoms with Crippen LogP contribution in [0.25, 0.3) is 88.7 Å². The highest BCUT2D eigenvalue weighted by atomic mass is 15.1. The summed E-state index contributed by atoms with van der Waals surface area (Å²) in [5, 5.41) is 2.49. The molecular weight excluding hydrogens is 783 g/mol. The van der Waals surface area contributed by atoms with Gasteiger partial charge in [0.15, 0.2) is 0 Å². The molecule has 1 heteroatoms. The second-order valence-electron chi connectivity index (χ2n) is 16.4. The van der Waals surface area contributed by atoms with Crippen LogP contribution in [0.1, 0.15) is 0 Å². The molecule has 0 amide bonds. The standard InChI is InChI=1S/C64H45N/c1-5-20-46(21-6-1)58-31-15-17-33-60(58)61-34-18-16-32-59(61)51-38-42-54(43-39-51)65(53-40-36-50(37-41-53)57-35-19-29-47-26-13-14-30-56(47)57)55-44-62(48-22-7-2-8-23-48)64(52-27-11-4-12-28-52)63(45-55)49-24-9-3-10-25-49/h1-45H. The van der Waals surface area contributed by atoms with Crippen LogP contribution in [-0.2, 0) is 0 Å². The average molecular weight is 828 g/mol. The van der Waals surface area contributed by atoms with Crippen molar-refractivity contribution in [2.24, 2.45) is 0 Å². The maximum atomic E-state index is 2.42. The first-order valence-corrected chi connectivity index (χ1v) is 22.3. The van der Waals surface area contributed by atoms with E-state index in [1.165, 1.54) is 83.1 Å².